The summed E-state index contributed by atoms with van der Waals surface area (Å²) in [6.07, 6.45) is 5.42. The van der Waals surface area contributed by atoms with Crippen molar-refractivity contribution in [3.05, 3.63) is 295 Å². The van der Waals surface area contributed by atoms with Gasteiger partial charge in [-0.15, -0.1) is 0 Å². The lowest BCUT2D eigenvalue weighted by Gasteiger charge is -2.26. The molecule has 0 aliphatic rings. The molecule has 370 valence electrons. The third-order valence-electron chi connectivity index (χ3n) is 12.3. The van der Waals surface area contributed by atoms with E-state index >= 15 is 0 Å². The number of esters is 2. The second-order valence-corrected chi connectivity index (χ2v) is 21.3. The van der Waals surface area contributed by atoms with Crippen molar-refractivity contribution in [2.75, 3.05) is 4.90 Å². The largest absolute Gasteiger partial charge is 0.423 e. The summed E-state index contributed by atoms with van der Waals surface area (Å²) in [5.74, 6) is -0.831. The first-order valence-electron chi connectivity index (χ1n) is 23.8. The van der Waals surface area contributed by atoms with Crippen LogP contribution in [-0.2, 0) is 42.1 Å². The smallest absolute Gasteiger partial charge is 0.335 e. The van der Waals surface area contributed by atoms with E-state index < -0.39 is 31.6 Å². The van der Waals surface area contributed by atoms with E-state index in [4.69, 9.17) is 9.47 Å². The average Bonchev–Trinajstić information content (AvgIpc) is 3.45. The maximum absolute atomic E-state index is 13.5. The highest BCUT2D eigenvalue weighted by Crippen LogP contribution is 2.37. The molecule has 0 saturated heterocycles. The molecule has 0 radical (unpaired) electrons. The van der Waals surface area contributed by atoms with Crippen molar-refractivity contribution < 1.29 is 35.9 Å². The number of anilines is 3. The summed E-state index contributed by atoms with van der Waals surface area (Å²) >= 11 is 0. The van der Waals surface area contributed by atoms with Crippen molar-refractivity contribution in [2.45, 2.75) is 32.4 Å². The standard InChI is InChI=1S/C64H49NO8S2/c1-3-63(66)72-56-31-39-60(40-32-56)74(68,69)58-35-21-48(22-36-58)43-46-15-25-53(26-16-46)65(55-29-19-50(20-30-55)45-62(51-11-7-5-8-12-51)52-13-9-6-10-14-52)54-27-17-47(18-28-54)44-49-23-37-59(38-24-49)75(70,71)61-41-33-57(34-42-61)73-64(67)4-2/h3-42,45H,1-2,43-44H2. The van der Waals surface area contributed by atoms with Crippen molar-refractivity contribution in [3.8, 4) is 11.5 Å². The Morgan fingerprint density at radius 1 is 0.387 bits per heavy atom. The summed E-state index contributed by atoms with van der Waals surface area (Å²) in [6.45, 7) is 6.76. The Bertz CT molecular complexity index is 3510. The molecule has 0 aliphatic heterocycles. The molecule has 0 bridgehead atoms. The van der Waals surface area contributed by atoms with Gasteiger partial charge in [-0.1, -0.05) is 134 Å². The van der Waals surface area contributed by atoms with Crippen LogP contribution in [0, 0.1) is 0 Å². The number of hydrogen-bond acceptors (Lipinski definition) is 9. The molecular weight excluding hydrogens is 975 g/mol. The molecular formula is C64H49NO8S2. The molecule has 0 spiro atoms. The van der Waals surface area contributed by atoms with Crippen LogP contribution < -0.4 is 14.4 Å². The molecule has 0 saturated carbocycles. The quantitative estimate of drug-likeness (QED) is 0.0357. The van der Waals surface area contributed by atoms with Crippen LogP contribution in [0.4, 0.5) is 17.1 Å². The van der Waals surface area contributed by atoms with E-state index in [1.807, 2.05) is 60.7 Å². The molecule has 11 heteroatoms. The second-order valence-electron chi connectivity index (χ2n) is 17.4. The van der Waals surface area contributed by atoms with Crippen LogP contribution in [0.25, 0.3) is 11.6 Å². The Morgan fingerprint density at radius 2 is 0.680 bits per heavy atom. The van der Waals surface area contributed by atoms with Crippen LogP contribution in [0.3, 0.4) is 0 Å². The zero-order valence-electron chi connectivity index (χ0n) is 40.5. The van der Waals surface area contributed by atoms with E-state index in [1.54, 1.807) is 24.3 Å². The van der Waals surface area contributed by atoms with Crippen molar-refractivity contribution in [1.82, 2.24) is 0 Å². The van der Waals surface area contributed by atoms with Crippen molar-refractivity contribution >= 4 is 60.3 Å². The van der Waals surface area contributed by atoms with Gasteiger partial charge >= 0.3 is 11.9 Å². The lowest BCUT2D eigenvalue weighted by molar-refractivity contribution is -0.129. The van der Waals surface area contributed by atoms with Crippen molar-refractivity contribution in [2.24, 2.45) is 0 Å². The minimum Gasteiger partial charge on any atom is -0.423 e. The molecule has 0 aromatic heterocycles. The monoisotopic (exact) mass is 1020 g/mol. The molecule has 0 aliphatic carbocycles. The molecule has 75 heavy (non-hydrogen) atoms. The molecule has 0 unspecified atom stereocenters. The van der Waals surface area contributed by atoms with Gasteiger partial charge < -0.3 is 14.4 Å². The molecule has 0 heterocycles. The number of carbonyl (C=O) groups excluding carboxylic acids is 2. The van der Waals surface area contributed by atoms with Gasteiger partial charge in [0.15, 0.2) is 0 Å². The maximum atomic E-state index is 13.5. The SMILES string of the molecule is C=CC(=O)Oc1ccc(S(=O)(=O)c2ccc(Cc3ccc(N(c4ccc(C=C(c5ccccc5)c5ccccc5)cc4)c4ccc(Cc5ccc(S(=O)(=O)c6ccc(OC(=O)C=C)cc6)cc5)cc4)cc3)cc2)cc1. The zero-order valence-corrected chi connectivity index (χ0v) is 42.2. The van der Waals surface area contributed by atoms with Gasteiger partial charge in [0.25, 0.3) is 0 Å². The molecule has 0 amide bonds. The van der Waals surface area contributed by atoms with Gasteiger partial charge in [-0.25, -0.2) is 26.4 Å². The fourth-order valence-electron chi connectivity index (χ4n) is 8.43. The third kappa shape index (κ3) is 12.2. The Kier molecular flexibility index (Phi) is 15.4. The molecule has 9 aromatic carbocycles. The van der Waals surface area contributed by atoms with Crippen LogP contribution in [-0.4, -0.2) is 28.8 Å². The lowest BCUT2D eigenvalue weighted by atomic mass is 9.95. The van der Waals surface area contributed by atoms with E-state index in [1.165, 1.54) is 48.5 Å². The van der Waals surface area contributed by atoms with Crippen molar-refractivity contribution in [1.29, 1.82) is 0 Å². The Labute approximate surface area is 437 Å². The van der Waals surface area contributed by atoms with Gasteiger partial charge in [-0.3, -0.25) is 0 Å². The number of carbonyl (C=O) groups is 2. The summed E-state index contributed by atoms with van der Waals surface area (Å²) in [4.78, 5) is 25.8. The van der Waals surface area contributed by atoms with E-state index in [2.05, 4.69) is 121 Å². The minimum absolute atomic E-state index is 0.0802. The number of sulfone groups is 2. The van der Waals surface area contributed by atoms with E-state index in [0.29, 0.717) is 12.8 Å². The minimum atomic E-state index is -3.82. The normalized spacial score (nSPS) is 11.2. The summed E-state index contributed by atoms with van der Waals surface area (Å²) in [7, 11) is -7.64. The van der Waals surface area contributed by atoms with Gasteiger partial charge in [-0.2, -0.15) is 0 Å². The first-order chi connectivity index (χ1) is 36.4. The Morgan fingerprint density at radius 3 is 1.00 bits per heavy atom. The molecule has 9 rings (SSSR count). The maximum Gasteiger partial charge on any atom is 0.335 e. The van der Waals surface area contributed by atoms with Crippen LogP contribution in [0.2, 0.25) is 0 Å². The van der Waals surface area contributed by atoms with Gasteiger partial charge in [0.05, 0.1) is 19.6 Å². The van der Waals surface area contributed by atoms with E-state index in [9.17, 15) is 26.4 Å². The zero-order chi connectivity index (χ0) is 52.4. The van der Waals surface area contributed by atoms with Crippen LogP contribution in [0.1, 0.15) is 38.9 Å². The third-order valence-corrected chi connectivity index (χ3v) is 15.9. The average molecular weight is 1020 g/mol. The molecule has 0 fully saturated rings. The van der Waals surface area contributed by atoms with E-state index in [-0.39, 0.29) is 31.1 Å². The summed E-state index contributed by atoms with van der Waals surface area (Å²) in [5, 5.41) is 0. The topological polar surface area (TPSA) is 124 Å². The molecule has 0 atom stereocenters. The number of benzene rings is 9. The molecule has 9 nitrogen and oxygen atoms in total. The van der Waals surface area contributed by atoms with Crippen LogP contribution in [0.5, 0.6) is 11.5 Å². The number of rotatable bonds is 18. The second kappa shape index (κ2) is 22.7. The highest BCUT2D eigenvalue weighted by atomic mass is 32.2. The predicted octanol–water partition coefficient (Wildman–Crippen LogP) is 13.8. The first kappa shape index (κ1) is 50.8. The first-order valence-corrected chi connectivity index (χ1v) is 26.8. The van der Waals surface area contributed by atoms with Crippen LogP contribution in [0.15, 0.2) is 275 Å². The Hall–Kier alpha value is -9.16. The van der Waals surface area contributed by atoms with E-state index in [0.717, 1.165) is 73.7 Å². The van der Waals surface area contributed by atoms with Gasteiger partial charge in [-0.05, 0) is 173 Å². The number of ether oxygens (including phenoxy) is 2. The molecule has 0 N–H and O–H groups in total. The highest BCUT2D eigenvalue weighted by Gasteiger charge is 2.20. The number of hydrogen-bond donors (Lipinski definition) is 0. The summed E-state index contributed by atoms with van der Waals surface area (Å²) in [5.41, 5.74) is 11.1. The van der Waals surface area contributed by atoms with Gasteiger partial charge in [0.1, 0.15) is 11.5 Å². The van der Waals surface area contributed by atoms with Crippen molar-refractivity contribution in [3.63, 3.8) is 0 Å². The van der Waals surface area contributed by atoms with Gasteiger partial charge in [0.2, 0.25) is 19.7 Å². The van der Waals surface area contributed by atoms with Crippen LogP contribution >= 0.6 is 0 Å². The fourth-order valence-corrected chi connectivity index (χ4v) is 11.0. The summed E-state index contributed by atoms with van der Waals surface area (Å²) in [6, 6.07) is 70.8. The Balaban J connectivity index is 0.954. The predicted molar refractivity (Wildman–Crippen MR) is 295 cm³/mol. The lowest BCUT2D eigenvalue weighted by Crippen LogP contribution is -2.10. The highest BCUT2D eigenvalue weighted by molar-refractivity contribution is 7.91. The summed E-state index contributed by atoms with van der Waals surface area (Å²) < 4.78 is 64.0. The molecule has 9 aromatic rings. The fraction of sp³-hybridized carbons (Fsp3) is 0.0312. The van der Waals surface area contributed by atoms with Gasteiger partial charge in [0, 0.05) is 29.2 Å². The number of nitrogens with zero attached hydrogens (tertiary/aromatic N) is 1.